The highest BCUT2D eigenvalue weighted by atomic mass is 16.1. The summed E-state index contributed by atoms with van der Waals surface area (Å²) in [5.41, 5.74) is 2.05. The van der Waals surface area contributed by atoms with E-state index in [1.807, 2.05) is 12.1 Å². The largest absolute Gasteiger partial charge is 0.349 e. The zero-order valence-corrected chi connectivity index (χ0v) is 10.9. The van der Waals surface area contributed by atoms with Gasteiger partial charge in [0.15, 0.2) is 0 Å². The second kappa shape index (κ2) is 4.39. The Morgan fingerprint density at radius 3 is 2.39 bits per heavy atom. The Morgan fingerprint density at radius 1 is 1.22 bits per heavy atom. The first-order valence-electron chi connectivity index (χ1n) is 6.78. The fraction of sp³-hybridized carbons (Fsp3) is 0.533. The SMILES string of the molecule is CC(C)c1ccc(C(=O)NC2C3CNCC32)cc1. The van der Waals surface area contributed by atoms with E-state index in [0.29, 0.717) is 23.8 Å². The zero-order chi connectivity index (χ0) is 12.7. The second-order valence-electron chi connectivity index (χ2n) is 5.76. The predicted molar refractivity (Wildman–Crippen MR) is 71.6 cm³/mol. The quantitative estimate of drug-likeness (QED) is 0.850. The van der Waals surface area contributed by atoms with E-state index in [9.17, 15) is 4.79 Å². The molecule has 3 rings (SSSR count). The summed E-state index contributed by atoms with van der Waals surface area (Å²) in [6, 6.07) is 8.37. The maximum atomic E-state index is 12.1. The number of carbonyl (C=O) groups is 1. The summed E-state index contributed by atoms with van der Waals surface area (Å²) < 4.78 is 0. The molecule has 0 bridgehead atoms. The molecule has 3 heteroatoms. The number of piperidine rings is 1. The fourth-order valence-electron chi connectivity index (χ4n) is 2.89. The van der Waals surface area contributed by atoms with Crippen LogP contribution in [0.2, 0.25) is 0 Å². The molecule has 1 aromatic rings. The molecule has 1 aliphatic heterocycles. The van der Waals surface area contributed by atoms with Gasteiger partial charge in [-0.1, -0.05) is 26.0 Å². The van der Waals surface area contributed by atoms with Gasteiger partial charge in [-0.2, -0.15) is 0 Å². The molecule has 1 heterocycles. The molecule has 2 atom stereocenters. The van der Waals surface area contributed by atoms with Gasteiger partial charge >= 0.3 is 0 Å². The molecular formula is C15H20N2O. The van der Waals surface area contributed by atoms with Crippen molar-refractivity contribution in [2.45, 2.75) is 25.8 Å². The lowest BCUT2D eigenvalue weighted by Gasteiger charge is -2.09. The van der Waals surface area contributed by atoms with Gasteiger partial charge < -0.3 is 10.6 Å². The Morgan fingerprint density at radius 2 is 1.83 bits per heavy atom. The van der Waals surface area contributed by atoms with Crippen LogP contribution in [0.5, 0.6) is 0 Å². The van der Waals surface area contributed by atoms with Crippen LogP contribution >= 0.6 is 0 Å². The topological polar surface area (TPSA) is 41.1 Å². The number of benzene rings is 1. The average Bonchev–Trinajstić information content (AvgIpc) is 2.82. The maximum absolute atomic E-state index is 12.1. The first-order valence-corrected chi connectivity index (χ1v) is 6.78. The second-order valence-corrected chi connectivity index (χ2v) is 5.76. The molecule has 2 unspecified atom stereocenters. The first kappa shape index (κ1) is 11.7. The minimum Gasteiger partial charge on any atom is -0.349 e. The Labute approximate surface area is 108 Å². The number of carbonyl (C=O) groups excluding carboxylic acids is 1. The normalized spacial score (nSPS) is 29.2. The van der Waals surface area contributed by atoms with E-state index in [2.05, 4.69) is 36.6 Å². The Hall–Kier alpha value is -1.35. The molecule has 1 aromatic carbocycles. The van der Waals surface area contributed by atoms with Crippen LogP contribution in [-0.4, -0.2) is 25.0 Å². The molecule has 2 N–H and O–H groups in total. The minimum absolute atomic E-state index is 0.0738. The van der Waals surface area contributed by atoms with E-state index in [4.69, 9.17) is 0 Å². The summed E-state index contributed by atoms with van der Waals surface area (Å²) in [5.74, 6) is 1.92. The standard InChI is InChI=1S/C15H20N2O/c1-9(2)10-3-5-11(6-4-10)15(18)17-14-12-7-16-8-13(12)14/h3-6,9,12-14,16H,7-8H2,1-2H3,(H,17,18). The Balaban J connectivity index is 1.62. The van der Waals surface area contributed by atoms with Crippen LogP contribution in [0.3, 0.4) is 0 Å². The van der Waals surface area contributed by atoms with Gasteiger partial charge in [0.25, 0.3) is 5.91 Å². The number of amides is 1. The van der Waals surface area contributed by atoms with Crippen molar-refractivity contribution in [3.8, 4) is 0 Å². The van der Waals surface area contributed by atoms with Gasteiger partial charge in [0, 0.05) is 24.7 Å². The van der Waals surface area contributed by atoms with Crippen molar-refractivity contribution in [3.63, 3.8) is 0 Å². The van der Waals surface area contributed by atoms with Crippen molar-refractivity contribution in [2.75, 3.05) is 13.1 Å². The van der Waals surface area contributed by atoms with Crippen molar-refractivity contribution in [3.05, 3.63) is 35.4 Å². The molecule has 1 aliphatic carbocycles. The first-order chi connectivity index (χ1) is 8.66. The van der Waals surface area contributed by atoms with Gasteiger partial charge in [-0.3, -0.25) is 4.79 Å². The van der Waals surface area contributed by atoms with Crippen LogP contribution in [0.1, 0.15) is 35.7 Å². The lowest BCUT2D eigenvalue weighted by molar-refractivity contribution is 0.0946. The highest BCUT2D eigenvalue weighted by Gasteiger charge is 2.53. The van der Waals surface area contributed by atoms with E-state index in [-0.39, 0.29) is 5.91 Å². The van der Waals surface area contributed by atoms with Crippen molar-refractivity contribution >= 4 is 5.91 Å². The molecule has 3 nitrogen and oxygen atoms in total. The summed E-state index contributed by atoms with van der Waals surface area (Å²) in [6.07, 6.45) is 0. The van der Waals surface area contributed by atoms with Gasteiger partial charge in [0.2, 0.25) is 0 Å². The maximum Gasteiger partial charge on any atom is 0.251 e. The average molecular weight is 244 g/mol. The van der Waals surface area contributed by atoms with E-state index < -0.39 is 0 Å². The van der Waals surface area contributed by atoms with Crippen LogP contribution < -0.4 is 10.6 Å². The molecule has 2 aliphatic rings. The summed E-state index contributed by atoms with van der Waals surface area (Å²) >= 11 is 0. The van der Waals surface area contributed by atoms with Gasteiger partial charge in [0.1, 0.15) is 0 Å². The van der Waals surface area contributed by atoms with Crippen LogP contribution in [0, 0.1) is 11.8 Å². The van der Waals surface area contributed by atoms with E-state index in [1.165, 1.54) is 5.56 Å². The summed E-state index contributed by atoms with van der Waals surface area (Å²) in [6.45, 7) is 6.44. The molecule has 18 heavy (non-hydrogen) atoms. The van der Waals surface area contributed by atoms with Crippen molar-refractivity contribution in [1.29, 1.82) is 0 Å². The molecule has 1 saturated carbocycles. The van der Waals surface area contributed by atoms with Crippen molar-refractivity contribution < 1.29 is 4.79 Å². The monoisotopic (exact) mass is 244 g/mol. The molecule has 0 radical (unpaired) electrons. The number of hydrogen-bond acceptors (Lipinski definition) is 2. The minimum atomic E-state index is 0.0738. The lowest BCUT2D eigenvalue weighted by atomic mass is 10.0. The third kappa shape index (κ3) is 2.03. The van der Waals surface area contributed by atoms with Crippen LogP contribution in [0.4, 0.5) is 0 Å². The van der Waals surface area contributed by atoms with E-state index in [0.717, 1.165) is 18.7 Å². The number of rotatable bonds is 3. The number of hydrogen-bond donors (Lipinski definition) is 2. The summed E-state index contributed by atoms with van der Waals surface area (Å²) in [4.78, 5) is 12.1. The summed E-state index contributed by atoms with van der Waals surface area (Å²) in [7, 11) is 0. The Bertz CT molecular complexity index is 442. The van der Waals surface area contributed by atoms with E-state index in [1.54, 1.807) is 0 Å². The molecule has 96 valence electrons. The van der Waals surface area contributed by atoms with Crippen LogP contribution in [0.15, 0.2) is 24.3 Å². The van der Waals surface area contributed by atoms with E-state index >= 15 is 0 Å². The zero-order valence-electron chi connectivity index (χ0n) is 10.9. The van der Waals surface area contributed by atoms with Crippen LogP contribution in [0.25, 0.3) is 0 Å². The molecule has 0 spiro atoms. The Kier molecular flexibility index (Phi) is 2.86. The molecular weight excluding hydrogens is 224 g/mol. The number of fused-ring (bicyclic) bond motifs is 1. The predicted octanol–water partition coefficient (Wildman–Crippen LogP) is 1.76. The molecule has 2 fully saturated rings. The molecule has 0 aromatic heterocycles. The van der Waals surface area contributed by atoms with Crippen molar-refractivity contribution in [1.82, 2.24) is 10.6 Å². The third-order valence-corrected chi connectivity index (χ3v) is 4.23. The smallest absolute Gasteiger partial charge is 0.251 e. The molecule has 1 saturated heterocycles. The van der Waals surface area contributed by atoms with Gasteiger partial charge in [-0.25, -0.2) is 0 Å². The molecule has 1 amide bonds. The fourth-order valence-corrected chi connectivity index (χ4v) is 2.89. The van der Waals surface area contributed by atoms with Gasteiger partial charge in [0.05, 0.1) is 0 Å². The van der Waals surface area contributed by atoms with Gasteiger partial charge in [-0.05, 0) is 35.4 Å². The highest BCUT2D eigenvalue weighted by Crippen LogP contribution is 2.41. The van der Waals surface area contributed by atoms with Crippen molar-refractivity contribution in [2.24, 2.45) is 11.8 Å². The van der Waals surface area contributed by atoms with Crippen LogP contribution in [-0.2, 0) is 0 Å². The third-order valence-electron chi connectivity index (χ3n) is 4.23. The van der Waals surface area contributed by atoms with Gasteiger partial charge in [-0.15, -0.1) is 0 Å². The lowest BCUT2D eigenvalue weighted by Crippen LogP contribution is -2.32. The highest BCUT2D eigenvalue weighted by molar-refractivity contribution is 5.94. The number of nitrogens with one attached hydrogen (secondary N) is 2. The summed E-state index contributed by atoms with van der Waals surface area (Å²) in [5, 5.41) is 6.48.